The topological polar surface area (TPSA) is 26.0 Å². The van der Waals surface area contributed by atoms with Crippen LogP contribution >= 0.6 is 0 Å². The number of aryl methyl sites for hydroxylation is 1. The van der Waals surface area contributed by atoms with Gasteiger partial charge in [-0.3, -0.25) is 0 Å². The van der Waals surface area contributed by atoms with Crippen molar-refractivity contribution in [1.82, 2.24) is 5.16 Å². The summed E-state index contributed by atoms with van der Waals surface area (Å²) in [4.78, 5) is 0. The van der Waals surface area contributed by atoms with Gasteiger partial charge in [0, 0.05) is 5.39 Å². The summed E-state index contributed by atoms with van der Waals surface area (Å²) in [5.74, 6) is 0. The Kier molecular flexibility index (Phi) is 7.33. The third-order valence-electron chi connectivity index (χ3n) is 1.79. The summed E-state index contributed by atoms with van der Waals surface area (Å²) in [5, 5.41) is 5.07. The van der Waals surface area contributed by atoms with Crippen LogP contribution in [0.4, 0.5) is 0 Å². The average Bonchev–Trinajstić information content (AvgIpc) is 2.77. The molecule has 0 amide bonds. The molecule has 0 spiro atoms. The van der Waals surface area contributed by atoms with Crippen molar-refractivity contribution >= 4 is 11.0 Å². The molecule has 2 nitrogen and oxygen atoms in total. The van der Waals surface area contributed by atoms with E-state index in [2.05, 4.69) is 12.1 Å². The van der Waals surface area contributed by atoms with E-state index < -0.39 is 0 Å². The van der Waals surface area contributed by atoms with E-state index >= 15 is 0 Å². The van der Waals surface area contributed by atoms with E-state index in [4.69, 9.17) is 4.52 Å². The third-order valence-corrected chi connectivity index (χ3v) is 1.79. The number of hydrogen-bond donors (Lipinski definition) is 0. The number of hydrogen-bond acceptors (Lipinski definition) is 2. The van der Waals surface area contributed by atoms with Crippen LogP contribution in [0.15, 0.2) is 28.8 Å². The molecule has 0 unspecified atom stereocenters. The van der Waals surface area contributed by atoms with Crippen LogP contribution in [0.25, 0.3) is 11.0 Å². The number of benzene rings is 1. The van der Waals surface area contributed by atoms with Crippen LogP contribution in [-0.4, -0.2) is 5.16 Å². The van der Waals surface area contributed by atoms with Crippen LogP contribution in [0.5, 0.6) is 0 Å². The van der Waals surface area contributed by atoms with Gasteiger partial charge in [0.05, 0.1) is 5.69 Å². The first-order valence-electron chi connectivity index (χ1n) is 5.75. The van der Waals surface area contributed by atoms with E-state index in [0.29, 0.717) is 0 Å². The third kappa shape index (κ3) is 3.39. The summed E-state index contributed by atoms with van der Waals surface area (Å²) in [6.07, 6.45) is 0.928. The molecule has 0 aliphatic carbocycles. The Morgan fingerprint density at radius 2 is 1.67 bits per heavy atom. The molecule has 0 aliphatic heterocycles. The van der Waals surface area contributed by atoms with Gasteiger partial charge in [-0.25, -0.2) is 0 Å². The monoisotopic (exact) mass is 207 g/mol. The van der Waals surface area contributed by atoms with Gasteiger partial charge < -0.3 is 4.52 Å². The first-order valence-corrected chi connectivity index (χ1v) is 5.75. The first kappa shape index (κ1) is 13.7. The van der Waals surface area contributed by atoms with Crippen molar-refractivity contribution in [3.8, 4) is 0 Å². The Hall–Kier alpha value is -1.31. The van der Waals surface area contributed by atoms with Crippen molar-refractivity contribution in [2.75, 3.05) is 0 Å². The SMILES string of the molecule is CC.CC.CCc1noc2ccccc12. The van der Waals surface area contributed by atoms with Crippen molar-refractivity contribution < 1.29 is 4.52 Å². The van der Waals surface area contributed by atoms with Gasteiger partial charge in [-0.15, -0.1) is 0 Å². The molecule has 0 aliphatic rings. The van der Waals surface area contributed by atoms with Crippen LogP contribution in [0.3, 0.4) is 0 Å². The number of nitrogens with zero attached hydrogens (tertiary/aromatic N) is 1. The molecular formula is C13H21NO. The Bertz CT molecular complexity index is 365. The van der Waals surface area contributed by atoms with Crippen LogP contribution in [0.2, 0.25) is 0 Å². The summed E-state index contributed by atoms with van der Waals surface area (Å²) in [6, 6.07) is 7.91. The maximum atomic E-state index is 5.09. The summed E-state index contributed by atoms with van der Waals surface area (Å²) in [5.41, 5.74) is 1.92. The largest absolute Gasteiger partial charge is 0.356 e. The van der Waals surface area contributed by atoms with Gasteiger partial charge in [0.1, 0.15) is 0 Å². The van der Waals surface area contributed by atoms with Gasteiger partial charge in [-0.2, -0.15) is 0 Å². The van der Waals surface area contributed by atoms with E-state index in [1.807, 2.05) is 52.0 Å². The second-order valence-corrected chi connectivity index (χ2v) is 2.48. The zero-order valence-corrected chi connectivity index (χ0v) is 10.4. The molecule has 0 saturated heterocycles. The summed E-state index contributed by atoms with van der Waals surface area (Å²) < 4.78 is 5.09. The van der Waals surface area contributed by atoms with Crippen molar-refractivity contribution in [3.05, 3.63) is 30.0 Å². The van der Waals surface area contributed by atoms with Gasteiger partial charge in [-0.1, -0.05) is 51.9 Å². The minimum atomic E-state index is 0.879. The molecule has 1 heterocycles. The molecule has 2 aromatic rings. The van der Waals surface area contributed by atoms with Crippen LogP contribution in [0.1, 0.15) is 40.3 Å². The molecule has 1 aromatic carbocycles. The first-order chi connectivity index (χ1) is 7.42. The van der Waals surface area contributed by atoms with Gasteiger partial charge in [0.25, 0.3) is 0 Å². The molecule has 15 heavy (non-hydrogen) atoms. The number of fused-ring (bicyclic) bond motifs is 1. The maximum Gasteiger partial charge on any atom is 0.167 e. The molecule has 1 aromatic heterocycles. The minimum Gasteiger partial charge on any atom is -0.356 e. The van der Waals surface area contributed by atoms with Crippen molar-refractivity contribution in [3.63, 3.8) is 0 Å². The van der Waals surface area contributed by atoms with E-state index in [1.165, 1.54) is 0 Å². The summed E-state index contributed by atoms with van der Waals surface area (Å²) in [6.45, 7) is 10.1. The Morgan fingerprint density at radius 3 is 2.27 bits per heavy atom. The highest BCUT2D eigenvalue weighted by Crippen LogP contribution is 2.17. The number of para-hydroxylation sites is 1. The predicted octanol–water partition coefficient (Wildman–Crippen LogP) is 4.44. The van der Waals surface area contributed by atoms with Gasteiger partial charge >= 0.3 is 0 Å². The van der Waals surface area contributed by atoms with E-state index in [1.54, 1.807) is 0 Å². The normalized spacial score (nSPS) is 8.60. The van der Waals surface area contributed by atoms with Crippen LogP contribution < -0.4 is 0 Å². The van der Waals surface area contributed by atoms with Gasteiger partial charge in [0.15, 0.2) is 5.58 Å². The van der Waals surface area contributed by atoms with Crippen molar-refractivity contribution in [2.45, 2.75) is 41.0 Å². The molecule has 0 saturated carbocycles. The highest BCUT2D eigenvalue weighted by molar-refractivity contribution is 5.79. The highest BCUT2D eigenvalue weighted by atomic mass is 16.5. The fraction of sp³-hybridized carbons (Fsp3) is 0.462. The molecular weight excluding hydrogens is 186 g/mol. The van der Waals surface area contributed by atoms with Crippen molar-refractivity contribution in [2.24, 2.45) is 0 Å². The standard InChI is InChI=1S/C9H9NO.2C2H6/c1-2-8-7-5-3-4-6-9(7)11-10-8;2*1-2/h3-6H,2H2,1H3;2*1-2H3. The lowest BCUT2D eigenvalue weighted by molar-refractivity contribution is 0.447. The number of aromatic nitrogens is 1. The zero-order chi connectivity index (χ0) is 11.7. The fourth-order valence-corrected chi connectivity index (χ4v) is 1.19. The van der Waals surface area contributed by atoms with Crippen LogP contribution in [0, 0.1) is 0 Å². The van der Waals surface area contributed by atoms with Gasteiger partial charge in [0.2, 0.25) is 0 Å². The molecule has 0 bridgehead atoms. The molecule has 0 fully saturated rings. The second-order valence-electron chi connectivity index (χ2n) is 2.48. The lowest BCUT2D eigenvalue weighted by atomic mass is 10.2. The Labute approximate surface area is 92.3 Å². The highest BCUT2D eigenvalue weighted by Gasteiger charge is 2.02. The number of rotatable bonds is 1. The minimum absolute atomic E-state index is 0.879. The maximum absolute atomic E-state index is 5.09. The Morgan fingerprint density at radius 1 is 1.07 bits per heavy atom. The van der Waals surface area contributed by atoms with Gasteiger partial charge in [-0.05, 0) is 18.6 Å². The Balaban J connectivity index is 0.000000442. The molecule has 84 valence electrons. The van der Waals surface area contributed by atoms with E-state index in [-0.39, 0.29) is 0 Å². The van der Waals surface area contributed by atoms with E-state index in [9.17, 15) is 0 Å². The zero-order valence-electron chi connectivity index (χ0n) is 10.4. The van der Waals surface area contributed by atoms with Crippen molar-refractivity contribution in [1.29, 1.82) is 0 Å². The lowest BCUT2D eigenvalue weighted by Gasteiger charge is -1.85. The average molecular weight is 207 g/mol. The summed E-state index contributed by atoms with van der Waals surface area (Å²) >= 11 is 0. The predicted molar refractivity (Wildman–Crippen MR) is 66.1 cm³/mol. The summed E-state index contributed by atoms with van der Waals surface area (Å²) in [7, 11) is 0. The molecule has 0 N–H and O–H groups in total. The fourth-order valence-electron chi connectivity index (χ4n) is 1.19. The molecule has 0 atom stereocenters. The molecule has 0 radical (unpaired) electrons. The van der Waals surface area contributed by atoms with Crippen LogP contribution in [-0.2, 0) is 6.42 Å². The lowest BCUT2D eigenvalue weighted by Crippen LogP contribution is -1.77. The smallest absolute Gasteiger partial charge is 0.167 e. The second kappa shape index (κ2) is 8.04. The molecule has 2 heteroatoms. The quantitative estimate of drug-likeness (QED) is 0.690. The molecule has 2 rings (SSSR count). The van der Waals surface area contributed by atoms with E-state index in [0.717, 1.165) is 23.1 Å².